The summed E-state index contributed by atoms with van der Waals surface area (Å²) in [6.45, 7) is 7.33. The molecule has 2 fully saturated rings. The van der Waals surface area contributed by atoms with Crippen molar-refractivity contribution in [1.82, 2.24) is 4.98 Å². The third kappa shape index (κ3) is 4.17. The van der Waals surface area contributed by atoms with E-state index in [1.54, 1.807) is 17.8 Å². The molecule has 5 rings (SSSR count). The standard InChI is InChI=1S/C27H35NO8S/c1-12-8-13(2)27-16(9-19(33-5)26(32)34-22(12)15(4)29)6-7-17-20(27)21(30)14(3)23(24(17)36-27)35-25(31)18-10-37-11-28-18/h6-8,10-12,14-17,19-24,29-30H,9H2,1-5H3/b13-8+/t12-,14-,15-,16-,17-,19+,20+,21-,22+,23-,24-,27+/m1/s1. The lowest BCUT2D eigenvalue weighted by Gasteiger charge is -2.48. The van der Waals surface area contributed by atoms with Crippen molar-refractivity contribution in [3.05, 3.63) is 40.4 Å². The van der Waals surface area contributed by atoms with Crippen LogP contribution in [0.2, 0.25) is 0 Å². The Labute approximate surface area is 220 Å². The second-order valence-corrected chi connectivity index (χ2v) is 11.6. The number of aliphatic hydroxyl groups excluding tert-OH is 2. The number of hydrogen-bond acceptors (Lipinski definition) is 10. The van der Waals surface area contributed by atoms with Gasteiger partial charge in [0.15, 0.2) is 11.8 Å². The number of carbonyl (C=O) groups excluding carboxylic acids is 2. The molecule has 2 aliphatic heterocycles. The number of cyclic esters (lactones) is 1. The molecule has 10 heteroatoms. The number of thiazole rings is 1. The van der Waals surface area contributed by atoms with Gasteiger partial charge in [-0.2, -0.15) is 0 Å². The quantitative estimate of drug-likeness (QED) is 0.444. The van der Waals surface area contributed by atoms with E-state index in [2.05, 4.69) is 4.98 Å². The molecule has 0 radical (unpaired) electrons. The third-order valence-corrected chi connectivity index (χ3v) is 9.35. The van der Waals surface area contributed by atoms with Gasteiger partial charge in [0, 0.05) is 42.1 Å². The topological polar surface area (TPSA) is 124 Å². The molecular weight excluding hydrogens is 498 g/mol. The van der Waals surface area contributed by atoms with Crippen LogP contribution in [0, 0.1) is 29.6 Å². The van der Waals surface area contributed by atoms with E-state index < -0.39 is 54.2 Å². The van der Waals surface area contributed by atoms with Crippen LogP contribution in [0.1, 0.15) is 44.6 Å². The van der Waals surface area contributed by atoms with Crippen LogP contribution in [-0.4, -0.2) is 76.5 Å². The molecule has 12 atom stereocenters. The van der Waals surface area contributed by atoms with Crippen LogP contribution in [-0.2, 0) is 23.7 Å². The van der Waals surface area contributed by atoms with Gasteiger partial charge in [-0.05, 0) is 25.8 Å². The van der Waals surface area contributed by atoms with Gasteiger partial charge in [-0.3, -0.25) is 0 Å². The van der Waals surface area contributed by atoms with Crippen LogP contribution < -0.4 is 0 Å². The number of carbonyl (C=O) groups is 2. The molecule has 0 amide bonds. The molecule has 9 nitrogen and oxygen atoms in total. The lowest BCUT2D eigenvalue weighted by molar-refractivity contribution is -0.172. The van der Waals surface area contributed by atoms with Gasteiger partial charge in [0.25, 0.3) is 0 Å². The van der Waals surface area contributed by atoms with E-state index >= 15 is 0 Å². The van der Waals surface area contributed by atoms with E-state index in [9.17, 15) is 19.8 Å². The summed E-state index contributed by atoms with van der Waals surface area (Å²) < 4.78 is 24.1. The number of nitrogens with zero attached hydrogens (tertiary/aromatic N) is 1. The highest BCUT2D eigenvalue weighted by molar-refractivity contribution is 7.07. The number of aromatic nitrogens is 1. The minimum absolute atomic E-state index is 0.183. The monoisotopic (exact) mass is 533 g/mol. The fourth-order valence-electron chi connectivity index (χ4n) is 7.00. The summed E-state index contributed by atoms with van der Waals surface area (Å²) in [4.78, 5) is 30.0. The predicted molar refractivity (Wildman–Crippen MR) is 134 cm³/mol. The normalized spacial score (nSPS) is 45.3. The molecule has 4 bridgehead atoms. The summed E-state index contributed by atoms with van der Waals surface area (Å²) in [5.41, 5.74) is 1.76. The minimum Gasteiger partial charge on any atom is -0.457 e. The van der Waals surface area contributed by atoms with E-state index in [0.717, 1.165) is 5.57 Å². The van der Waals surface area contributed by atoms with E-state index in [4.69, 9.17) is 18.9 Å². The number of esters is 2. The number of rotatable bonds is 4. The highest BCUT2D eigenvalue weighted by Gasteiger charge is 2.69. The molecule has 0 aromatic carbocycles. The van der Waals surface area contributed by atoms with Gasteiger partial charge in [0.1, 0.15) is 23.9 Å². The second kappa shape index (κ2) is 9.89. The number of methoxy groups -OCH3 is 1. The van der Waals surface area contributed by atoms with Gasteiger partial charge in [0.05, 0.1) is 17.7 Å². The number of ether oxygens (including phenoxy) is 4. The zero-order valence-corrected chi connectivity index (χ0v) is 22.5. The van der Waals surface area contributed by atoms with Crippen LogP contribution in [0.15, 0.2) is 34.7 Å². The Hall–Kier alpha value is -2.11. The highest BCUT2D eigenvalue weighted by Crippen LogP contribution is 2.61. The molecule has 1 spiro atoms. The third-order valence-electron chi connectivity index (χ3n) is 8.76. The Balaban J connectivity index is 1.58. The first-order valence-corrected chi connectivity index (χ1v) is 13.8. The van der Waals surface area contributed by atoms with E-state index in [1.807, 2.05) is 39.0 Å². The molecule has 2 N–H and O–H groups in total. The molecule has 0 unspecified atom stereocenters. The van der Waals surface area contributed by atoms with Gasteiger partial charge in [-0.15, -0.1) is 11.3 Å². The largest absolute Gasteiger partial charge is 0.457 e. The molecule has 202 valence electrons. The Morgan fingerprint density at radius 1 is 1.32 bits per heavy atom. The van der Waals surface area contributed by atoms with Crippen molar-refractivity contribution in [2.75, 3.05) is 7.11 Å². The first-order chi connectivity index (χ1) is 17.6. The van der Waals surface area contributed by atoms with Crippen LogP contribution in [0.4, 0.5) is 0 Å². The van der Waals surface area contributed by atoms with E-state index in [1.165, 1.54) is 18.4 Å². The van der Waals surface area contributed by atoms with Crippen molar-refractivity contribution < 1.29 is 38.7 Å². The maximum Gasteiger partial charge on any atom is 0.358 e. The van der Waals surface area contributed by atoms with Crippen molar-refractivity contribution in [2.24, 2.45) is 29.6 Å². The molecule has 1 aromatic rings. The zero-order chi connectivity index (χ0) is 26.6. The first-order valence-electron chi connectivity index (χ1n) is 12.8. The van der Waals surface area contributed by atoms with Crippen LogP contribution in [0.3, 0.4) is 0 Å². The summed E-state index contributed by atoms with van der Waals surface area (Å²) in [7, 11) is 1.46. The van der Waals surface area contributed by atoms with Gasteiger partial charge < -0.3 is 29.2 Å². The Morgan fingerprint density at radius 3 is 2.73 bits per heavy atom. The van der Waals surface area contributed by atoms with Gasteiger partial charge in [-0.1, -0.05) is 32.1 Å². The molecule has 2 aliphatic carbocycles. The van der Waals surface area contributed by atoms with Crippen molar-refractivity contribution in [3.8, 4) is 0 Å². The van der Waals surface area contributed by atoms with Gasteiger partial charge >= 0.3 is 11.9 Å². The van der Waals surface area contributed by atoms with Crippen molar-refractivity contribution in [2.45, 2.75) is 76.3 Å². The van der Waals surface area contributed by atoms with Gasteiger partial charge in [0.2, 0.25) is 0 Å². The van der Waals surface area contributed by atoms with Gasteiger partial charge in [-0.25, -0.2) is 14.6 Å². The van der Waals surface area contributed by atoms with E-state index in [0.29, 0.717) is 0 Å². The Morgan fingerprint density at radius 2 is 2.08 bits per heavy atom. The Kier molecular flexibility index (Phi) is 7.08. The van der Waals surface area contributed by atoms with E-state index in [-0.39, 0.29) is 41.7 Å². The minimum atomic E-state index is -0.939. The van der Waals surface area contributed by atoms with Crippen molar-refractivity contribution in [3.63, 3.8) is 0 Å². The van der Waals surface area contributed by atoms with Crippen LogP contribution in [0.25, 0.3) is 0 Å². The molecular formula is C27H35NO8S. The molecule has 37 heavy (non-hydrogen) atoms. The van der Waals surface area contributed by atoms with Crippen molar-refractivity contribution in [1.29, 1.82) is 0 Å². The smallest absolute Gasteiger partial charge is 0.358 e. The number of aliphatic hydroxyl groups is 2. The second-order valence-electron chi connectivity index (χ2n) is 10.9. The summed E-state index contributed by atoms with van der Waals surface area (Å²) in [5.74, 6) is -2.57. The molecule has 1 saturated heterocycles. The number of hydrogen-bond donors (Lipinski definition) is 2. The summed E-state index contributed by atoms with van der Waals surface area (Å²) in [6.07, 6.45) is 1.81. The Bertz CT molecular complexity index is 1090. The highest BCUT2D eigenvalue weighted by atomic mass is 32.1. The summed E-state index contributed by atoms with van der Waals surface area (Å²) in [6, 6.07) is 0. The maximum atomic E-state index is 13.1. The predicted octanol–water partition coefficient (Wildman–Crippen LogP) is 2.53. The van der Waals surface area contributed by atoms with Crippen molar-refractivity contribution >= 4 is 23.3 Å². The fraction of sp³-hybridized carbons (Fsp3) is 0.667. The molecule has 1 aromatic heterocycles. The lowest BCUT2D eigenvalue weighted by atomic mass is 9.57. The average Bonchev–Trinajstić information content (AvgIpc) is 3.46. The average molecular weight is 534 g/mol. The maximum absolute atomic E-state index is 13.1. The molecule has 3 heterocycles. The fourth-order valence-corrected chi connectivity index (χ4v) is 7.52. The zero-order valence-electron chi connectivity index (χ0n) is 21.6. The summed E-state index contributed by atoms with van der Waals surface area (Å²) >= 11 is 1.31. The first kappa shape index (κ1) is 26.5. The van der Waals surface area contributed by atoms with Crippen LogP contribution >= 0.6 is 11.3 Å². The lowest BCUT2D eigenvalue weighted by Crippen LogP contribution is -2.57. The molecule has 4 aliphatic rings. The van der Waals surface area contributed by atoms with Crippen LogP contribution in [0.5, 0.6) is 0 Å². The summed E-state index contributed by atoms with van der Waals surface area (Å²) in [5, 5.41) is 23.7. The molecule has 1 saturated carbocycles. The SMILES string of the molecule is CO[C@H]1C[C@H]2C=C[C@H]3[C@H]4O[C@]2(/C(C)=C/[C@@H](C)[C@@H]([C@@H](C)O)OC1=O)[C@@H]3[C@H](O)[C@@H](C)[C@H]4OC(=O)c1cscn1.